The zero-order chi connectivity index (χ0) is 43.7. The molecule has 16 heteroatoms. The molecule has 0 amide bonds. The van der Waals surface area contributed by atoms with E-state index in [0.29, 0.717) is 30.9 Å². The van der Waals surface area contributed by atoms with Gasteiger partial charge in [-0.05, 0) is 127 Å². The van der Waals surface area contributed by atoms with Gasteiger partial charge in [-0.1, -0.05) is 33.4 Å². The summed E-state index contributed by atoms with van der Waals surface area (Å²) in [6.45, 7) is 15.3. The predicted octanol–water partition coefficient (Wildman–Crippen LogP) is 0.812. The Kier molecular flexibility index (Phi) is 18.7. The molecule has 4 heterocycles. The van der Waals surface area contributed by atoms with Crippen molar-refractivity contribution in [1.29, 1.82) is 5.26 Å². The van der Waals surface area contributed by atoms with E-state index in [9.17, 15) is 25.2 Å². The number of aldehydes is 1. The molecular weight excluding hydrogens is 824 g/mol. The van der Waals surface area contributed by atoms with Crippen LogP contribution in [0.15, 0.2) is 24.3 Å². The first-order valence-corrected chi connectivity index (χ1v) is 22.6. The van der Waals surface area contributed by atoms with Gasteiger partial charge in [0.25, 0.3) is 0 Å². The van der Waals surface area contributed by atoms with Crippen LogP contribution < -0.4 is 50.1 Å². The molecule has 0 aromatic heterocycles. The second-order valence-corrected chi connectivity index (χ2v) is 18.3. The first-order valence-electron chi connectivity index (χ1n) is 22.6. The molecule has 8 aliphatic rings. The van der Waals surface area contributed by atoms with Gasteiger partial charge < -0.3 is 67.1 Å². The molecule has 3 radical (unpaired) electrons. The molecule has 10 rings (SSSR count). The van der Waals surface area contributed by atoms with E-state index in [4.69, 9.17) is 31.8 Å². The molecule has 347 valence electrons. The van der Waals surface area contributed by atoms with Crippen molar-refractivity contribution in [2.24, 2.45) is 5.73 Å². The Labute approximate surface area is 405 Å². The van der Waals surface area contributed by atoms with Crippen molar-refractivity contribution in [1.82, 2.24) is 15.1 Å². The van der Waals surface area contributed by atoms with Crippen LogP contribution in [-0.2, 0) is 37.9 Å². The van der Waals surface area contributed by atoms with Gasteiger partial charge in [-0.2, -0.15) is 0 Å². The number of hydrogen-bond acceptors (Lipinski definition) is 14. The summed E-state index contributed by atoms with van der Waals surface area (Å²) >= 11 is 0. The van der Waals surface area contributed by atoms with E-state index in [2.05, 4.69) is 39.8 Å². The number of carbonyl (C=O) groups excluding carboxylic acids is 1. The minimum Gasteiger partial charge on any atom is -0.512 e. The van der Waals surface area contributed by atoms with Gasteiger partial charge in [0.1, 0.15) is 18.5 Å². The molecule has 2 aromatic rings. The fraction of sp³-hybridized carbons (Fsp3) is 0.708. The van der Waals surface area contributed by atoms with E-state index in [0.717, 1.165) is 121 Å². The summed E-state index contributed by atoms with van der Waals surface area (Å²) in [6, 6.07) is 7.90. The monoisotopic (exact) mass is 897 g/mol. The van der Waals surface area contributed by atoms with Crippen molar-refractivity contribution in [2.45, 2.75) is 157 Å². The van der Waals surface area contributed by atoms with Crippen molar-refractivity contribution in [2.75, 3.05) is 60.2 Å². The molecule has 7 N–H and O–H groups in total. The minimum atomic E-state index is -0.812. The van der Waals surface area contributed by atoms with E-state index in [1.165, 1.54) is 11.1 Å². The van der Waals surface area contributed by atoms with Crippen LogP contribution in [0.25, 0.3) is 0 Å². The Morgan fingerprint density at radius 1 is 0.844 bits per heavy atom. The number of likely N-dealkylation sites (tertiary alicyclic amines) is 2. The number of nitrogens with two attached hydrogens (primary N) is 1. The van der Waals surface area contributed by atoms with Crippen molar-refractivity contribution in [3.8, 4) is 23.0 Å². The number of methoxy groups -OCH3 is 2. The minimum absolute atomic E-state index is 0. The second kappa shape index (κ2) is 22.1. The van der Waals surface area contributed by atoms with Gasteiger partial charge in [0.15, 0.2) is 23.0 Å². The molecular formula is C48H72BN5NaO9. The van der Waals surface area contributed by atoms with E-state index >= 15 is 0 Å². The molecule has 2 aromatic carbocycles. The molecule has 10 atom stereocenters. The van der Waals surface area contributed by atoms with Crippen LogP contribution in [0.4, 0.5) is 0 Å². The number of likely N-dealkylation sites (N-methyl/N-ethyl adjacent to an activating group) is 1. The summed E-state index contributed by atoms with van der Waals surface area (Å²) in [7, 11) is 3.32. The first-order chi connectivity index (χ1) is 29.5. The first kappa shape index (κ1) is 54.2. The number of aromatic hydroxyl groups is 2. The topological polar surface area (TPSA) is 203 Å². The molecule has 2 spiro atoms. The van der Waals surface area contributed by atoms with Crippen LogP contribution >= 0.6 is 0 Å². The molecule has 4 fully saturated rings. The number of benzene rings is 2. The molecule has 2 saturated carbocycles. The Morgan fingerprint density at radius 3 is 1.91 bits per heavy atom. The van der Waals surface area contributed by atoms with Crippen LogP contribution in [0, 0.1) is 11.8 Å². The van der Waals surface area contributed by atoms with Gasteiger partial charge in [-0.15, -0.1) is 0 Å². The number of ether oxygens (including phenoxy) is 4. The number of aliphatic hydroxyl groups is 2. The number of phenolic OH excluding ortho intramolecular Hbond substituents is 2. The zero-order valence-electron chi connectivity index (χ0n) is 38.1. The van der Waals surface area contributed by atoms with E-state index < -0.39 is 22.0 Å². The molecule has 14 nitrogen and oxygen atoms in total. The number of rotatable bonds is 12. The van der Waals surface area contributed by atoms with Crippen molar-refractivity contribution < 1.29 is 73.7 Å². The number of nitrogens with zero attached hydrogens (tertiary/aromatic N) is 3. The standard InChI is InChI=1S/C24H36N2O4.C18H24N2O3.C4H8O2.CN.CH4.B.Na/c1-3-12-26-13-10-23-20-16-6-7-18(27)21(20)30-22(23)17(25-11-4-5-14-29-2)8-9-24(23,28)19(26)15-16;1-2-20-8-7-17-14-10-3-4-12(21)15(14)23-16(17)11(19)5-6-18(17,22)13(20)9-10;1-6-4-2-3-5;1-2;;;/h6-7,17,19,22,25,27-28H,3-5,8-15H2,1-2H3;3-4,11,13,16,21-22H,2,5-9,19H2,1H3;3H,2,4H2,1H3;;1H4;;/q;;;-1;;;+1/t17?,19?,22-,23+,24?;11?,13?,16-,17+,18?;;;;;/m11...../s1. The quantitative estimate of drug-likeness (QED) is 0.0757. The summed E-state index contributed by atoms with van der Waals surface area (Å²) in [5.41, 5.74) is 8.53. The number of unbranched alkanes of at least 4 members (excludes halogenated alkanes) is 1. The maximum Gasteiger partial charge on any atom is 1.00 e. The fourth-order valence-electron chi connectivity index (χ4n) is 13.3. The number of nitrogens with one attached hydrogen (secondary N) is 1. The van der Waals surface area contributed by atoms with Crippen LogP contribution in [0.2, 0.25) is 0 Å². The maximum atomic E-state index is 12.3. The largest absolute Gasteiger partial charge is 1.00 e. The van der Waals surface area contributed by atoms with Gasteiger partial charge in [-0.25, -0.2) is 0 Å². The third-order valence-corrected chi connectivity index (χ3v) is 15.7. The van der Waals surface area contributed by atoms with Gasteiger partial charge >= 0.3 is 29.6 Å². The number of phenols is 2. The summed E-state index contributed by atoms with van der Waals surface area (Å²) in [5.74, 6) is 1.60. The molecule has 4 aliphatic heterocycles. The van der Waals surface area contributed by atoms with Crippen molar-refractivity contribution >= 4 is 14.7 Å². The average Bonchev–Trinajstić information content (AvgIpc) is 3.81. The van der Waals surface area contributed by atoms with Crippen LogP contribution in [-0.4, -0.2) is 153 Å². The molecule has 64 heavy (non-hydrogen) atoms. The van der Waals surface area contributed by atoms with Crippen LogP contribution in [0.5, 0.6) is 23.0 Å². The third kappa shape index (κ3) is 8.33. The number of hydrogen-bond donors (Lipinski definition) is 6. The summed E-state index contributed by atoms with van der Waals surface area (Å²) < 4.78 is 22.5. The molecule has 2 saturated heterocycles. The average molecular weight is 897 g/mol. The summed E-state index contributed by atoms with van der Waals surface area (Å²) in [5, 5.41) is 55.1. The SMILES string of the molecule is C.CCCN1CC[C@]23c4c5ccc(O)c4O[C@@H]2C(NCCCCOC)CCC3(O)C1C5.CCN1CC[C@]23c4c5ccc(O)c4O[C@@H]2C(N)CCC3(O)C1C5.COCCC=O.[B].[C-]#N.[Na+]. The Hall–Kier alpha value is -2.46. The Morgan fingerprint density at radius 2 is 1.38 bits per heavy atom. The van der Waals surface area contributed by atoms with Gasteiger partial charge in [0, 0.05) is 71.0 Å². The zero-order valence-corrected chi connectivity index (χ0v) is 40.1. The number of piperidine rings is 2. The Balaban J connectivity index is 0.000000236. The second-order valence-electron chi connectivity index (χ2n) is 18.3. The van der Waals surface area contributed by atoms with Gasteiger partial charge in [-0.3, -0.25) is 9.80 Å². The number of carbonyl (C=O) groups is 1. The normalized spacial score (nSPS) is 33.6. The third-order valence-electron chi connectivity index (χ3n) is 15.7. The van der Waals surface area contributed by atoms with Crippen LogP contribution in [0.1, 0.15) is 108 Å². The van der Waals surface area contributed by atoms with Gasteiger partial charge in [0.2, 0.25) is 0 Å². The molecule has 6 unspecified atom stereocenters. The van der Waals surface area contributed by atoms with E-state index in [1.807, 2.05) is 6.07 Å². The predicted molar refractivity (Wildman–Crippen MR) is 241 cm³/mol. The Bertz CT molecular complexity index is 1910. The van der Waals surface area contributed by atoms with E-state index in [1.54, 1.807) is 26.4 Å². The van der Waals surface area contributed by atoms with Gasteiger partial charge in [0.05, 0.1) is 28.6 Å². The summed E-state index contributed by atoms with van der Waals surface area (Å²) in [6.07, 6.45) is 10.7. The maximum absolute atomic E-state index is 12.3. The van der Waals surface area contributed by atoms with Crippen LogP contribution in [0.3, 0.4) is 0 Å². The smallest absolute Gasteiger partial charge is 0.512 e. The van der Waals surface area contributed by atoms with Crippen molar-refractivity contribution in [3.63, 3.8) is 0 Å². The molecule has 4 bridgehead atoms. The summed E-state index contributed by atoms with van der Waals surface area (Å²) in [4.78, 5) is 14.4. The fourth-order valence-corrected chi connectivity index (χ4v) is 13.3. The van der Waals surface area contributed by atoms with Crippen molar-refractivity contribution in [3.05, 3.63) is 53.1 Å². The van der Waals surface area contributed by atoms with E-state index in [-0.39, 0.29) is 93.3 Å². The molecule has 4 aliphatic carbocycles.